The normalized spacial score (nSPS) is 14.8. The fourth-order valence-corrected chi connectivity index (χ4v) is 2.77. The molecule has 0 spiro atoms. The number of benzene rings is 1. The van der Waals surface area contributed by atoms with E-state index in [9.17, 15) is 4.79 Å². The number of likely N-dealkylation sites (N-methyl/N-ethyl adjacent to an activating group) is 1. The Labute approximate surface area is 185 Å². The standard InChI is InChI=1S/C20H33N5O2.HI/c1-5-21-20(23-13-12-22-19(26)16-6-7-16)24-14-18(25(2)3)15-8-10-17(27-4)11-9-15;/h8-11,16,18H,5-7,12-14H2,1-4H3,(H,22,26)(H2,21,23,24);1H. The van der Waals surface area contributed by atoms with Crippen molar-refractivity contribution >= 4 is 35.8 Å². The van der Waals surface area contributed by atoms with Crippen LogP contribution < -0.4 is 20.7 Å². The second-order valence-corrected chi connectivity index (χ2v) is 6.96. The van der Waals surface area contributed by atoms with Crippen LogP contribution in [-0.4, -0.2) is 64.2 Å². The molecule has 2 rings (SSSR count). The molecule has 1 aliphatic carbocycles. The van der Waals surface area contributed by atoms with E-state index in [4.69, 9.17) is 9.73 Å². The minimum atomic E-state index is 0. The number of amides is 1. The Balaban J connectivity index is 0.00000392. The second-order valence-electron chi connectivity index (χ2n) is 6.96. The molecule has 0 bridgehead atoms. The molecule has 1 aromatic carbocycles. The number of hydrogen-bond acceptors (Lipinski definition) is 4. The predicted octanol–water partition coefficient (Wildman–Crippen LogP) is 2.00. The molecule has 1 saturated carbocycles. The van der Waals surface area contributed by atoms with Crippen molar-refractivity contribution < 1.29 is 9.53 Å². The van der Waals surface area contributed by atoms with E-state index in [2.05, 4.69) is 47.1 Å². The van der Waals surface area contributed by atoms with Crippen molar-refractivity contribution in [2.24, 2.45) is 10.9 Å². The van der Waals surface area contributed by atoms with Crippen molar-refractivity contribution in [2.75, 3.05) is 47.4 Å². The fraction of sp³-hybridized carbons (Fsp3) is 0.600. The van der Waals surface area contributed by atoms with Gasteiger partial charge in [-0.1, -0.05) is 12.1 Å². The summed E-state index contributed by atoms with van der Waals surface area (Å²) in [6.07, 6.45) is 2.06. The second kappa shape index (κ2) is 12.8. The highest BCUT2D eigenvalue weighted by Gasteiger charge is 2.28. The summed E-state index contributed by atoms with van der Waals surface area (Å²) in [6, 6.07) is 8.27. The number of methoxy groups -OCH3 is 1. The first-order valence-corrected chi connectivity index (χ1v) is 9.65. The van der Waals surface area contributed by atoms with E-state index in [0.29, 0.717) is 19.6 Å². The Morgan fingerprint density at radius 1 is 1.18 bits per heavy atom. The number of carbonyl (C=O) groups excluding carboxylic acids is 1. The van der Waals surface area contributed by atoms with Crippen molar-refractivity contribution in [3.05, 3.63) is 29.8 Å². The summed E-state index contributed by atoms with van der Waals surface area (Å²) >= 11 is 0. The maximum absolute atomic E-state index is 11.7. The van der Waals surface area contributed by atoms with Crippen molar-refractivity contribution in [3.8, 4) is 5.75 Å². The Kier molecular flexibility index (Phi) is 11.2. The van der Waals surface area contributed by atoms with Crippen LogP contribution >= 0.6 is 24.0 Å². The van der Waals surface area contributed by atoms with Crippen molar-refractivity contribution in [1.82, 2.24) is 20.9 Å². The van der Waals surface area contributed by atoms with Crippen molar-refractivity contribution in [1.29, 1.82) is 0 Å². The molecule has 1 aliphatic rings. The average Bonchev–Trinajstić information content (AvgIpc) is 3.50. The van der Waals surface area contributed by atoms with Gasteiger partial charge < -0.3 is 25.6 Å². The Morgan fingerprint density at radius 2 is 1.82 bits per heavy atom. The van der Waals surface area contributed by atoms with Crippen molar-refractivity contribution in [3.63, 3.8) is 0 Å². The first kappa shape index (κ1) is 24.5. The topological polar surface area (TPSA) is 78.0 Å². The molecule has 1 unspecified atom stereocenters. The maximum atomic E-state index is 11.7. The summed E-state index contributed by atoms with van der Waals surface area (Å²) in [5.74, 6) is 2.03. The molecule has 3 N–H and O–H groups in total. The van der Waals surface area contributed by atoms with Gasteiger partial charge in [-0.05, 0) is 51.6 Å². The van der Waals surface area contributed by atoms with E-state index >= 15 is 0 Å². The largest absolute Gasteiger partial charge is 0.497 e. The van der Waals surface area contributed by atoms with E-state index in [0.717, 1.165) is 31.1 Å². The molecule has 0 radical (unpaired) electrons. The van der Waals surface area contributed by atoms with Crippen LogP contribution in [0.1, 0.15) is 31.4 Å². The summed E-state index contributed by atoms with van der Waals surface area (Å²) in [7, 11) is 5.78. The fourth-order valence-electron chi connectivity index (χ4n) is 2.77. The van der Waals surface area contributed by atoms with Crippen LogP contribution in [-0.2, 0) is 4.79 Å². The van der Waals surface area contributed by atoms with Crippen LogP contribution in [0.25, 0.3) is 0 Å². The summed E-state index contributed by atoms with van der Waals surface area (Å²) in [5, 5.41) is 9.50. The highest BCUT2D eigenvalue weighted by molar-refractivity contribution is 14.0. The van der Waals surface area contributed by atoms with E-state index < -0.39 is 0 Å². The van der Waals surface area contributed by atoms with Crippen LogP contribution in [0.4, 0.5) is 0 Å². The number of ether oxygens (including phenoxy) is 1. The summed E-state index contributed by atoms with van der Waals surface area (Å²) in [6.45, 7) is 4.71. The zero-order valence-corrected chi connectivity index (χ0v) is 19.7. The molecule has 0 aromatic heterocycles. The van der Waals surface area contributed by atoms with Gasteiger partial charge >= 0.3 is 0 Å². The van der Waals surface area contributed by atoms with Crippen LogP contribution in [0.15, 0.2) is 29.3 Å². The zero-order chi connectivity index (χ0) is 19.6. The number of carbonyl (C=O) groups is 1. The van der Waals surface area contributed by atoms with E-state index in [1.807, 2.05) is 19.1 Å². The average molecular weight is 503 g/mol. The molecule has 0 aliphatic heterocycles. The third-order valence-electron chi connectivity index (χ3n) is 4.56. The van der Waals surface area contributed by atoms with Crippen LogP contribution in [0.3, 0.4) is 0 Å². The number of nitrogens with zero attached hydrogens (tertiary/aromatic N) is 2. The number of nitrogens with one attached hydrogen (secondary N) is 3. The molecular formula is C20H34IN5O2. The molecule has 1 amide bonds. The zero-order valence-electron chi connectivity index (χ0n) is 17.3. The lowest BCUT2D eigenvalue weighted by molar-refractivity contribution is -0.122. The monoisotopic (exact) mass is 503 g/mol. The minimum absolute atomic E-state index is 0. The van der Waals surface area contributed by atoms with Crippen LogP contribution in [0, 0.1) is 5.92 Å². The molecule has 1 fully saturated rings. The molecule has 1 aromatic rings. The predicted molar refractivity (Wildman–Crippen MR) is 125 cm³/mol. The third kappa shape index (κ3) is 8.22. The van der Waals surface area contributed by atoms with Gasteiger partial charge in [0.15, 0.2) is 5.96 Å². The lowest BCUT2D eigenvalue weighted by atomic mass is 10.1. The van der Waals surface area contributed by atoms with Crippen molar-refractivity contribution in [2.45, 2.75) is 25.8 Å². The van der Waals surface area contributed by atoms with E-state index in [-0.39, 0.29) is 41.8 Å². The summed E-state index contributed by atoms with van der Waals surface area (Å²) < 4.78 is 5.24. The van der Waals surface area contributed by atoms with Gasteiger partial charge in [-0.25, -0.2) is 0 Å². The highest BCUT2D eigenvalue weighted by atomic mass is 127. The Bertz CT molecular complexity index is 618. The summed E-state index contributed by atoms with van der Waals surface area (Å²) in [4.78, 5) is 18.6. The van der Waals surface area contributed by atoms with Crippen LogP contribution in [0.5, 0.6) is 5.75 Å². The molecule has 158 valence electrons. The van der Waals surface area contributed by atoms with Gasteiger partial charge in [0.25, 0.3) is 0 Å². The number of halogens is 1. The van der Waals surface area contributed by atoms with Gasteiger partial charge in [0.2, 0.25) is 5.91 Å². The first-order chi connectivity index (χ1) is 13.0. The molecular weight excluding hydrogens is 469 g/mol. The first-order valence-electron chi connectivity index (χ1n) is 9.65. The quantitative estimate of drug-likeness (QED) is 0.197. The lowest BCUT2D eigenvalue weighted by Crippen LogP contribution is -2.42. The number of rotatable bonds is 10. The lowest BCUT2D eigenvalue weighted by Gasteiger charge is -2.24. The Morgan fingerprint density at radius 3 is 2.36 bits per heavy atom. The minimum Gasteiger partial charge on any atom is -0.497 e. The molecule has 0 saturated heterocycles. The van der Waals surface area contributed by atoms with Gasteiger partial charge in [0, 0.05) is 25.6 Å². The van der Waals surface area contributed by atoms with Crippen LogP contribution in [0.2, 0.25) is 0 Å². The summed E-state index contributed by atoms with van der Waals surface area (Å²) in [5.41, 5.74) is 1.19. The van der Waals surface area contributed by atoms with Gasteiger partial charge in [-0.2, -0.15) is 0 Å². The molecule has 7 nitrogen and oxygen atoms in total. The Hall–Kier alpha value is -1.55. The third-order valence-corrected chi connectivity index (χ3v) is 4.56. The SMILES string of the molecule is CCNC(=NCC(c1ccc(OC)cc1)N(C)C)NCCNC(=O)C1CC1.I. The van der Waals surface area contributed by atoms with Gasteiger partial charge in [-0.3, -0.25) is 9.79 Å². The van der Waals surface area contributed by atoms with E-state index in [1.54, 1.807) is 7.11 Å². The molecule has 28 heavy (non-hydrogen) atoms. The van der Waals surface area contributed by atoms with Gasteiger partial charge in [0.1, 0.15) is 5.75 Å². The smallest absolute Gasteiger partial charge is 0.223 e. The van der Waals surface area contributed by atoms with E-state index in [1.165, 1.54) is 5.56 Å². The molecule has 8 heteroatoms. The highest BCUT2D eigenvalue weighted by Crippen LogP contribution is 2.28. The van der Waals surface area contributed by atoms with Gasteiger partial charge in [0.05, 0.1) is 19.7 Å². The number of aliphatic imine (C=N–C) groups is 1. The molecule has 0 heterocycles. The van der Waals surface area contributed by atoms with Gasteiger partial charge in [-0.15, -0.1) is 24.0 Å². The molecule has 1 atom stereocenters. The number of hydrogen-bond donors (Lipinski definition) is 3. The maximum Gasteiger partial charge on any atom is 0.223 e. The number of guanidine groups is 1.